The van der Waals surface area contributed by atoms with E-state index in [0.29, 0.717) is 23.6 Å². The molecule has 2 N–H and O–H groups in total. The first-order valence-corrected chi connectivity index (χ1v) is 11.3. The minimum absolute atomic E-state index is 0.166. The van der Waals surface area contributed by atoms with Crippen LogP contribution in [0, 0.1) is 5.82 Å². The van der Waals surface area contributed by atoms with Crippen molar-refractivity contribution in [1.29, 1.82) is 0 Å². The van der Waals surface area contributed by atoms with Crippen molar-refractivity contribution in [3.63, 3.8) is 0 Å². The first kappa shape index (κ1) is 20.6. The summed E-state index contributed by atoms with van der Waals surface area (Å²) in [7, 11) is 2.15. The van der Waals surface area contributed by atoms with Gasteiger partial charge in [0.05, 0.1) is 17.5 Å². The first-order chi connectivity index (χ1) is 16.6. The summed E-state index contributed by atoms with van der Waals surface area (Å²) in [6.45, 7) is 4.53. The Balaban J connectivity index is 1.31. The molecule has 34 heavy (non-hydrogen) atoms. The zero-order valence-corrected chi connectivity index (χ0v) is 18.8. The number of carbonyl (C=O) groups is 1. The summed E-state index contributed by atoms with van der Waals surface area (Å²) >= 11 is 0. The molecule has 2 aliphatic heterocycles. The van der Waals surface area contributed by atoms with Crippen molar-refractivity contribution in [2.45, 2.75) is 6.54 Å². The normalized spacial score (nSPS) is 16.1. The van der Waals surface area contributed by atoms with E-state index in [0.717, 1.165) is 48.7 Å². The first-order valence-electron chi connectivity index (χ1n) is 11.3. The van der Waals surface area contributed by atoms with Gasteiger partial charge in [-0.15, -0.1) is 0 Å². The number of piperazine rings is 1. The number of hydrogen-bond donors (Lipinski definition) is 2. The van der Waals surface area contributed by atoms with Gasteiger partial charge in [-0.3, -0.25) is 9.20 Å². The molecule has 1 fully saturated rings. The van der Waals surface area contributed by atoms with Gasteiger partial charge in [0, 0.05) is 68.1 Å². The zero-order valence-electron chi connectivity index (χ0n) is 18.8. The van der Waals surface area contributed by atoms with Gasteiger partial charge in [-0.05, 0) is 42.9 Å². The fraction of sp³-hybridized carbons (Fsp3) is 0.240. The van der Waals surface area contributed by atoms with Crippen molar-refractivity contribution in [3.05, 3.63) is 71.9 Å². The Kier molecular flexibility index (Phi) is 4.91. The van der Waals surface area contributed by atoms with E-state index in [2.05, 4.69) is 49.6 Å². The number of imidazole rings is 1. The molecule has 8 nitrogen and oxygen atoms in total. The van der Waals surface area contributed by atoms with Gasteiger partial charge in [0.2, 0.25) is 0 Å². The summed E-state index contributed by atoms with van der Waals surface area (Å²) < 4.78 is 15.4. The summed E-state index contributed by atoms with van der Waals surface area (Å²) in [4.78, 5) is 26.3. The second kappa shape index (κ2) is 8.11. The van der Waals surface area contributed by atoms with E-state index >= 15 is 0 Å². The van der Waals surface area contributed by atoms with Gasteiger partial charge in [0.25, 0.3) is 5.91 Å². The Morgan fingerprint density at radius 1 is 1.03 bits per heavy atom. The molecule has 1 saturated heterocycles. The molecule has 0 unspecified atom stereocenters. The van der Waals surface area contributed by atoms with E-state index in [4.69, 9.17) is 0 Å². The summed E-state index contributed by atoms with van der Waals surface area (Å²) in [5.41, 5.74) is 5.49. The molecular weight excluding hydrogens is 433 g/mol. The van der Waals surface area contributed by atoms with Crippen molar-refractivity contribution >= 4 is 28.7 Å². The van der Waals surface area contributed by atoms with Crippen LogP contribution >= 0.6 is 0 Å². The standard InChI is InChI=1S/C25H24FN7O/c1-31-8-10-32(11-9-31)18-4-2-17(3-5-18)30-24-23-20(14-29-25(23)34)19(13-28-24)21-15-27-22-12-16(26)6-7-33(21)22/h2-7,12-13,15H,8-11,14H2,1H3,(H,28,30)(H,29,34). The number of likely N-dealkylation sites (N-methyl/N-ethyl adjacent to an activating group) is 1. The Hall–Kier alpha value is -3.98. The number of halogens is 1. The number of rotatable bonds is 4. The number of carbonyl (C=O) groups excluding carboxylic acids is 1. The van der Waals surface area contributed by atoms with Crippen LogP contribution in [0.1, 0.15) is 15.9 Å². The smallest absolute Gasteiger partial charge is 0.255 e. The molecule has 1 aromatic carbocycles. The number of aromatic nitrogens is 3. The zero-order chi connectivity index (χ0) is 23.2. The largest absolute Gasteiger partial charge is 0.369 e. The van der Waals surface area contributed by atoms with Crippen molar-refractivity contribution in [2.24, 2.45) is 0 Å². The van der Waals surface area contributed by atoms with E-state index in [1.807, 2.05) is 12.1 Å². The molecule has 5 heterocycles. The molecule has 0 saturated carbocycles. The number of hydrogen-bond acceptors (Lipinski definition) is 6. The molecule has 172 valence electrons. The number of pyridine rings is 2. The quantitative estimate of drug-likeness (QED) is 0.490. The number of anilines is 3. The molecule has 3 aromatic heterocycles. The summed E-state index contributed by atoms with van der Waals surface area (Å²) in [6, 6.07) is 11.0. The van der Waals surface area contributed by atoms with Crippen molar-refractivity contribution in [3.8, 4) is 11.3 Å². The highest BCUT2D eigenvalue weighted by molar-refractivity contribution is 6.05. The fourth-order valence-electron chi connectivity index (χ4n) is 4.66. The number of nitrogens with zero attached hydrogens (tertiary/aromatic N) is 5. The highest BCUT2D eigenvalue weighted by Crippen LogP contribution is 2.34. The van der Waals surface area contributed by atoms with Crippen molar-refractivity contribution in [2.75, 3.05) is 43.4 Å². The van der Waals surface area contributed by atoms with Crippen molar-refractivity contribution < 1.29 is 9.18 Å². The maximum atomic E-state index is 13.6. The van der Waals surface area contributed by atoms with Gasteiger partial charge in [-0.1, -0.05) is 0 Å². The molecule has 4 aromatic rings. The van der Waals surface area contributed by atoms with E-state index in [1.165, 1.54) is 17.8 Å². The Morgan fingerprint density at radius 2 is 1.82 bits per heavy atom. The number of fused-ring (bicyclic) bond motifs is 2. The van der Waals surface area contributed by atoms with Gasteiger partial charge in [0.15, 0.2) is 0 Å². The Bertz CT molecular complexity index is 1390. The van der Waals surface area contributed by atoms with Crippen LogP contribution in [0.4, 0.5) is 21.6 Å². The number of nitrogens with one attached hydrogen (secondary N) is 2. The third-order valence-corrected chi connectivity index (χ3v) is 6.59. The predicted octanol–water partition coefficient (Wildman–Crippen LogP) is 3.27. The maximum absolute atomic E-state index is 13.6. The molecule has 0 aliphatic carbocycles. The van der Waals surface area contributed by atoms with Crippen LogP contribution in [-0.2, 0) is 6.54 Å². The van der Waals surface area contributed by atoms with E-state index in [-0.39, 0.29) is 11.7 Å². The minimum atomic E-state index is -0.344. The van der Waals surface area contributed by atoms with Gasteiger partial charge in [-0.2, -0.15) is 0 Å². The maximum Gasteiger partial charge on any atom is 0.255 e. The molecule has 6 rings (SSSR count). The average Bonchev–Trinajstić information content (AvgIpc) is 3.44. The Morgan fingerprint density at radius 3 is 2.62 bits per heavy atom. The monoisotopic (exact) mass is 457 g/mol. The van der Waals surface area contributed by atoms with Crippen molar-refractivity contribution in [1.82, 2.24) is 24.6 Å². The molecule has 2 aliphatic rings. The third-order valence-electron chi connectivity index (χ3n) is 6.59. The highest BCUT2D eigenvalue weighted by Gasteiger charge is 2.28. The predicted molar refractivity (Wildman–Crippen MR) is 129 cm³/mol. The van der Waals surface area contributed by atoms with Gasteiger partial charge < -0.3 is 20.4 Å². The molecule has 0 atom stereocenters. The topological polar surface area (TPSA) is 77.8 Å². The second-order valence-electron chi connectivity index (χ2n) is 8.74. The number of amides is 1. The Labute approximate surface area is 196 Å². The molecule has 0 radical (unpaired) electrons. The van der Waals surface area contributed by atoms with Crippen LogP contribution in [-0.4, -0.2) is 58.4 Å². The van der Waals surface area contributed by atoms with Gasteiger partial charge in [-0.25, -0.2) is 14.4 Å². The van der Waals surface area contributed by atoms with Gasteiger partial charge in [0.1, 0.15) is 17.3 Å². The van der Waals surface area contributed by atoms with Crippen LogP contribution in [0.15, 0.2) is 55.0 Å². The lowest BCUT2D eigenvalue weighted by Crippen LogP contribution is -2.44. The van der Waals surface area contributed by atoms with E-state index < -0.39 is 0 Å². The lowest BCUT2D eigenvalue weighted by atomic mass is 10.0. The average molecular weight is 458 g/mol. The van der Waals surface area contributed by atoms with Crippen LogP contribution in [0.3, 0.4) is 0 Å². The van der Waals surface area contributed by atoms with Crippen LogP contribution in [0.25, 0.3) is 16.9 Å². The molecule has 1 amide bonds. The van der Waals surface area contributed by atoms with Crippen LogP contribution in [0.2, 0.25) is 0 Å². The highest BCUT2D eigenvalue weighted by atomic mass is 19.1. The summed E-state index contributed by atoms with van der Waals surface area (Å²) in [5, 5.41) is 6.23. The van der Waals surface area contributed by atoms with Gasteiger partial charge >= 0.3 is 0 Å². The fourth-order valence-corrected chi connectivity index (χ4v) is 4.66. The van der Waals surface area contributed by atoms with E-state index in [9.17, 15) is 9.18 Å². The van der Waals surface area contributed by atoms with Crippen LogP contribution < -0.4 is 15.5 Å². The lowest BCUT2D eigenvalue weighted by Gasteiger charge is -2.34. The molecule has 9 heteroatoms. The molecule has 0 bridgehead atoms. The third kappa shape index (κ3) is 3.54. The summed E-state index contributed by atoms with van der Waals surface area (Å²) in [6.07, 6.45) is 5.06. The second-order valence-corrected chi connectivity index (χ2v) is 8.74. The molecular formula is C25H24FN7O. The summed E-state index contributed by atoms with van der Waals surface area (Å²) in [5.74, 6) is 0.00442. The molecule has 0 spiro atoms. The van der Waals surface area contributed by atoms with E-state index in [1.54, 1.807) is 23.0 Å². The van der Waals surface area contributed by atoms with Crippen LogP contribution in [0.5, 0.6) is 0 Å². The number of benzene rings is 1. The SMILES string of the molecule is CN1CCN(c2ccc(Nc3ncc(-c4cnc5cc(F)ccn45)c4c3C(=O)NC4)cc2)CC1. The lowest BCUT2D eigenvalue weighted by molar-refractivity contribution is 0.0966. The minimum Gasteiger partial charge on any atom is -0.369 e.